The molecule has 2 heteroatoms. The summed E-state index contributed by atoms with van der Waals surface area (Å²) in [6, 6.07) is 0. The van der Waals surface area contributed by atoms with Crippen LogP contribution in [0.25, 0.3) is 0 Å². The minimum Gasteiger partial charge on any atom is -0.481 e. The Balaban J connectivity index is 1.34. The van der Waals surface area contributed by atoms with Gasteiger partial charge in [0, 0.05) is 6.42 Å². The average molecular weight is 224 g/mol. The third-order valence-electron chi connectivity index (χ3n) is 4.17. The van der Waals surface area contributed by atoms with Gasteiger partial charge >= 0.3 is 5.97 Å². The molecule has 1 N–H and O–H groups in total. The Labute approximate surface area is 98.4 Å². The zero-order valence-corrected chi connectivity index (χ0v) is 10.2. The topological polar surface area (TPSA) is 37.3 Å². The number of unbranched alkanes of at least 4 members (excludes halogenated alkanes) is 4. The van der Waals surface area contributed by atoms with E-state index in [2.05, 4.69) is 0 Å². The molecule has 2 aliphatic carbocycles. The lowest BCUT2D eigenvalue weighted by Crippen LogP contribution is -1.93. The van der Waals surface area contributed by atoms with Crippen molar-refractivity contribution >= 4 is 5.97 Å². The largest absolute Gasteiger partial charge is 0.481 e. The van der Waals surface area contributed by atoms with Crippen LogP contribution >= 0.6 is 0 Å². The van der Waals surface area contributed by atoms with E-state index in [1.807, 2.05) is 0 Å². The highest BCUT2D eigenvalue weighted by molar-refractivity contribution is 5.66. The molecule has 2 nitrogen and oxygen atoms in total. The predicted molar refractivity (Wildman–Crippen MR) is 64.3 cm³/mol. The standard InChI is InChI=1S/C14H24O2/c15-14(16)7-5-3-1-2-4-6-12-10-13(12)11-8-9-11/h11-13H,1-10H2,(H,15,16). The van der Waals surface area contributed by atoms with Crippen LogP contribution in [-0.4, -0.2) is 11.1 Å². The van der Waals surface area contributed by atoms with Crippen molar-refractivity contribution in [1.82, 2.24) is 0 Å². The molecule has 0 aromatic rings. The maximum absolute atomic E-state index is 10.3. The van der Waals surface area contributed by atoms with E-state index < -0.39 is 5.97 Å². The Morgan fingerprint density at radius 2 is 1.75 bits per heavy atom. The Hall–Kier alpha value is -0.530. The molecule has 0 aromatic carbocycles. The van der Waals surface area contributed by atoms with Gasteiger partial charge in [0.1, 0.15) is 0 Å². The summed E-state index contributed by atoms with van der Waals surface area (Å²) in [5.74, 6) is 2.67. The molecule has 2 saturated carbocycles. The minimum atomic E-state index is -0.648. The first-order chi connectivity index (χ1) is 7.77. The Morgan fingerprint density at radius 3 is 2.44 bits per heavy atom. The van der Waals surface area contributed by atoms with E-state index in [4.69, 9.17) is 5.11 Å². The molecular weight excluding hydrogens is 200 g/mol. The highest BCUT2D eigenvalue weighted by Crippen LogP contribution is 2.56. The molecule has 16 heavy (non-hydrogen) atoms. The van der Waals surface area contributed by atoms with Crippen molar-refractivity contribution in [3.63, 3.8) is 0 Å². The Bertz CT molecular complexity index is 233. The molecule has 2 fully saturated rings. The van der Waals surface area contributed by atoms with Gasteiger partial charge in [-0.05, 0) is 43.4 Å². The Morgan fingerprint density at radius 1 is 1.06 bits per heavy atom. The van der Waals surface area contributed by atoms with Gasteiger partial charge in [-0.3, -0.25) is 4.79 Å². The highest BCUT2D eigenvalue weighted by atomic mass is 16.4. The van der Waals surface area contributed by atoms with Crippen molar-refractivity contribution in [3.8, 4) is 0 Å². The Kier molecular flexibility index (Phi) is 4.25. The molecule has 0 amide bonds. The molecule has 0 aliphatic heterocycles. The van der Waals surface area contributed by atoms with Crippen molar-refractivity contribution < 1.29 is 9.90 Å². The van der Waals surface area contributed by atoms with Crippen molar-refractivity contribution in [3.05, 3.63) is 0 Å². The summed E-state index contributed by atoms with van der Waals surface area (Å²) in [4.78, 5) is 10.3. The number of carboxylic acids is 1. The number of hydrogen-bond acceptors (Lipinski definition) is 1. The molecule has 2 atom stereocenters. The summed E-state index contributed by atoms with van der Waals surface area (Å²) in [5.41, 5.74) is 0. The zero-order chi connectivity index (χ0) is 11.4. The predicted octanol–water partition coefficient (Wildman–Crippen LogP) is 3.85. The van der Waals surface area contributed by atoms with Gasteiger partial charge < -0.3 is 5.11 Å². The quantitative estimate of drug-likeness (QED) is 0.604. The van der Waals surface area contributed by atoms with Crippen LogP contribution in [0.4, 0.5) is 0 Å². The molecule has 0 aromatic heterocycles. The molecule has 0 bridgehead atoms. The van der Waals surface area contributed by atoms with Crippen LogP contribution in [0, 0.1) is 17.8 Å². The van der Waals surface area contributed by atoms with E-state index in [1.165, 1.54) is 44.9 Å². The zero-order valence-electron chi connectivity index (χ0n) is 10.2. The second-order valence-corrected chi connectivity index (χ2v) is 5.70. The SMILES string of the molecule is O=C(O)CCCCCCCC1CC1C1CC1. The van der Waals surface area contributed by atoms with E-state index in [0.717, 1.165) is 30.6 Å². The van der Waals surface area contributed by atoms with E-state index in [-0.39, 0.29) is 0 Å². The number of hydrogen-bond donors (Lipinski definition) is 1. The molecule has 0 heterocycles. The summed E-state index contributed by atoms with van der Waals surface area (Å²) in [5, 5.41) is 8.48. The van der Waals surface area contributed by atoms with Gasteiger partial charge in [-0.1, -0.05) is 32.1 Å². The van der Waals surface area contributed by atoms with Crippen LogP contribution in [0.15, 0.2) is 0 Å². The minimum absolute atomic E-state index is 0.354. The van der Waals surface area contributed by atoms with Crippen LogP contribution in [0.2, 0.25) is 0 Å². The van der Waals surface area contributed by atoms with Gasteiger partial charge in [-0.25, -0.2) is 0 Å². The van der Waals surface area contributed by atoms with E-state index in [0.29, 0.717) is 6.42 Å². The van der Waals surface area contributed by atoms with Gasteiger partial charge in [-0.2, -0.15) is 0 Å². The molecule has 0 saturated heterocycles. The second kappa shape index (κ2) is 5.70. The van der Waals surface area contributed by atoms with Gasteiger partial charge in [0.25, 0.3) is 0 Å². The van der Waals surface area contributed by atoms with Crippen LogP contribution in [0.5, 0.6) is 0 Å². The fourth-order valence-corrected chi connectivity index (χ4v) is 2.92. The summed E-state index contributed by atoms with van der Waals surface area (Å²) < 4.78 is 0. The third-order valence-corrected chi connectivity index (χ3v) is 4.17. The van der Waals surface area contributed by atoms with Crippen LogP contribution in [0.3, 0.4) is 0 Å². The molecular formula is C14H24O2. The summed E-state index contributed by atoms with van der Waals surface area (Å²) in [6.07, 6.45) is 12.2. The molecule has 2 unspecified atom stereocenters. The second-order valence-electron chi connectivity index (χ2n) is 5.70. The van der Waals surface area contributed by atoms with Crippen molar-refractivity contribution in [2.75, 3.05) is 0 Å². The van der Waals surface area contributed by atoms with Crippen molar-refractivity contribution in [2.45, 2.75) is 64.2 Å². The maximum atomic E-state index is 10.3. The smallest absolute Gasteiger partial charge is 0.303 e. The van der Waals surface area contributed by atoms with Crippen LogP contribution in [0.1, 0.15) is 64.2 Å². The number of carboxylic acid groups (broad SMARTS) is 1. The first kappa shape index (κ1) is 11.9. The third kappa shape index (κ3) is 4.15. The van der Waals surface area contributed by atoms with Crippen LogP contribution < -0.4 is 0 Å². The molecule has 0 radical (unpaired) electrons. The maximum Gasteiger partial charge on any atom is 0.303 e. The van der Waals surface area contributed by atoms with Gasteiger partial charge in [0.05, 0.1) is 0 Å². The average Bonchev–Trinajstić information content (AvgIpc) is 3.09. The van der Waals surface area contributed by atoms with Crippen molar-refractivity contribution in [1.29, 1.82) is 0 Å². The summed E-state index contributed by atoms with van der Waals surface area (Å²) >= 11 is 0. The summed E-state index contributed by atoms with van der Waals surface area (Å²) in [7, 11) is 0. The van der Waals surface area contributed by atoms with Crippen molar-refractivity contribution in [2.24, 2.45) is 17.8 Å². The van der Waals surface area contributed by atoms with E-state index in [9.17, 15) is 4.79 Å². The lowest BCUT2D eigenvalue weighted by molar-refractivity contribution is -0.137. The van der Waals surface area contributed by atoms with Crippen LogP contribution in [-0.2, 0) is 4.79 Å². The lowest BCUT2D eigenvalue weighted by atomic mass is 10.1. The highest BCUT2D eigenvalue weighted by Gasteiger charge is 2.46. The number of carbonyl (C=O) groups is 1. The fourth-order valence-electron chi connectivity index (χ4n) is 2.92. The first-order valence-electron chi connectivity index (χ1n) is 6.99. The molecule has 2 rings (SSSR count). The first-order valence-corrected chi connectivity index (χ1v) is 6.99. The molecule has 0 spiro atoms. The fraction of sp³-hybridized carbons (Fsp3) is 0.929. The van der Waals surface area contributed by atoms with E-state index >= 15 is 0 Å². The van der Waals surface area contributed by atoms with Gasteiger partial charge in [-0.15, -0.1) is 0 Å². The monoisotopic (exact) mass is 224 g/mol. The number of aliphatic carboxylic acids is 1. The normalized spacial score (nSPS) is 28.0. The van der Waals surface area contributed by atoms with Gasteiger partial charge in [0.15, 0.2) is 0 Å². The summed E-state index contributed by atoms with van der Waals surface area (Å²) in [6.45, 7) is 0. The van der Waals surface area contributed by atoms with Gasteiger partial charge in [0.2, 0.25) is 0 Å². The molecule has 2 aliphatic rings. The van der Waals surface area contributed by atoms with E-state index in [1.54, 1.807) is 0 Å². The molecule has 92 valence electrons. The lowest BCUT2D eigenvalue weighted by Gasteiger charge is -2.00. The number of rotatable bonds is 9.